The average Bonchev–Trinajstić information content (AvgIpc) is 3.78. The number of hydrogen-bond donors (Lipinski definition) is 12. The predicted octanol–water partition coefficient (Wildman–Crippen LogP) is -7.28. The number of halogens is 1. The summed E-state index contributed by atoms with van der Waals surface area (Å²) in [6, 6.07) is 0. The molecule has 3 aliphatic heterocycles. The minimum Gasteiger partial charge on any atom is -0.392 e. The number of aryl methyl sites for hydroxylation is 1. The first-order valence-corrected chi connectivity index (χ1v) is 17.8. The van der Waals surface area contributed by atoms with Gasteiger partial charge in [-0.15, -0.1) is 25.7 Å². The van der Waals surface area contributed by atoms with Gasteiger partial charge < -0.3 is 71.6 Å². The number of terminal acetylenes is 4. The summed E-state index contributed by atoms with van der Waals surface area (Å²) in [6.07, 6.45) is 10.7. The first-order chi connectivity index (χ1) is 29.2. The lowest BCUT2D eigenvalue weighted by Crippen LogP contribution is -2.45. The topological polar surface area (TPSA) is 386 Å². The van der Waals surface area contributed by atoms with Gasteiger partial charge in [-0.05, 0) is 6.42 Å². The van der Waals surface area contributed by atoms with Gasteiger partial charge in [0.15, 0.2) is 47.1 Å². The number of nitrogens with one attached hydrogen (secondary N) is 1. The summed E-state index contributed by atoms with van der Waals surface area (Å²) in [5, 5.41) is 87.4. The van der Waals surface area contributed by atoms with Gasteiger partial charge in [-0.3, -0.25) is 23.5 Å². The van der Waals surface area contributed by atoms with Crippen LogP contribution in [0.3, 0.4) is 0 Å². The SMILES string of the molecule is C#C[C@]1(CO)O[C@@H](n2cc(CC)c(N)nc2=O)[C@@H](O)[C@@H]1O.C#C[C@]1(CO)O[C@@H](n2cc(F)c(N)nc2=O)[C@@H](O)[C@@H]1O.C#Cc1cn([C@@H]2O[C@](C#C)(CO)[C@@H](O)[C@@H]2O)c(=O)[nH]c1=O. The van der Waals surface area contributed by atoms with Crippen LogP contribution in [0.15, 0.2) is 37.8 Å². The lowest BCUT2D eigenvalue weighted by molar-refractivity contribution is -0.0938. The fourth-order valence-electron chi connectivity index (χ4n) is 6.31. The van der Waals surface area contributed by atoms with Gasteiger partial charge >= 0.3 is 17.1 Å². The van der Waals surface area contributed by atoms with Gasteiger partial charge in [0.25, 0.3) is 5.56 Å². The standard InChI is InChI=1S/C13H17N3O5.C13H12N2O6.C11H12FN3O5/c1-3-7-5-16(12(20)15-10(7)14)11-8(18)9(19)13(4-2,6-17)21-11;1-3-7-5-15(12(20)14-10(7)19)11-8(17)9(18)13(4-2,6-16)21-11;1-2-11(4-16)7(18)6(17)9(20-11)15-3-5(12)8(13)14-10(15)19/h2,5,8-9,11,17-19H,3,6H2,1H3,(H2,14,15,20);1-2,5,8-9,11,16-18H,6H2,(H,14,19,20);1,3,6-7,9,16-18H,4H2,(H2,13,14,19)/t2*8-,9-,11+,13+;6-,7-,9+,11+/m000/s1. The molecule has 3 aliphatic rings. The van der Waals surface area contributed by atoms with Crippen molar-refractivity contribution in [2.45, 2.75) is 85.5 Å². The van der Waals surface area contributed by atoms with Crippen molar-refractivity contribution >= 4 is 11.6 Å². The van der Waals surface area contributed by atoms with E-state index in [9.17, 15) is 69.5 Å². The molecule has 62 heavy (non-hydrogen) atoms. The number of nitrogen functional groups attached to an aromatic ring is 2. The van der Waals surface area contributed by atoms with E-state index in [1.54, 1.807) is 0 Å². The van der Waals surface area contributed by atoms with Crippen molar-refractivity contribution in [3.63, 3.8) is 0 Å². The number of nitrogens with two attached hydrogens (primary N) is 2. The number of rotatable bonds is 7. The van der Waals surface area contributed by atoms with Gasteiger partial charge in [0.05, 0.1) is 26.0 Å². The zero-order valence-corrected chi connectivity index (χ0v) is 32.2. The maximum absolute atomic E-state index is 13.4. The van der Waals surface area contributed by atoms with Crippen LogP contribution >= 0.6 is 0 Å². The predicted molar refractivity (Wildman–Crippen MR) is 207 cm³/mol. The average molecular weight is 873 g/mol. The molecule has 0 bridgehead atoms. The van der Waals surface area contributed by atoms with E-state index >= 15 is 0 Å². The number of aliphatic hydroxyl groups excluding tert-OH is 9. The second-order valence-corrected chi connectivity index (χ2v) is 13.6. The second kappa shape index (κ2) is 18.8. The fraction of sp³-hybridized carbons (Fsp3) is 0.459. The summed E-state index contributed by atoms with van der Waals surface area (Å²) in [4.78, 5) is 55.5. The van der Waals surface area contributed by atoms with Gasteiger partial charge in [-0.1, -0.05) is 30.6 Å². The van der Waals surface area contributed by atoms with Crippen LogP contribution in [-0.4, -0.2) is 148 Å². The smallest absolute Gasteiger partial charge is 0.351 e. The number of ether oxygens (including phenoxy) is 3. The van der Waals surface area contributed by atoms with E-state index in [-0.39, 0.29) is 11.4 Å². The molecule has 14 N–H and O–H groups in total. The Hall–Kier alpha value is -6.27. The Morgan fingerprint density at radius 3 is 1.44 bits per heavy atom. The van der Waals surface area contributed by atoms with Crippen molar-refractivity contribution in [1.29, 1.82) is 0 Å². The van der Waals surface area contributed by atoms with Crippen LogP contribution in [0, 0.1) is 55.2 Å². The van der Waals surface area contributed by atoms with Crippen molar-refractivity contribution in [2.24, 2.45) is 0 Å². The van der Waals surface area contributed by atoms with E-state index < -0.39 is 126 Å². The Labute approximate surface area is 348 Å². The van der Waals surface area contributed by atoms with E-state index in [1.807, 2.05) is 17.8 Å². The van der Waals surface area contributed by atoms with Crippen LogP contribution in [0.25, 0.3) is 0 Å². The van der Waals surface area contributed by atoms with Crippen LogP contribution < -0.4 is 34.1 Å². The first kappa shape index (κ1) is 48.4. The quantitative estimate of drug-likeness (QED) is 0.0981. The van der Waals surface area contributed by atoms with Crippen molar-refractivity contribution in [2.75, 3.05) is 31.3 Å². The molecule has 24 nitrogen and oxygen atoms in total. The fourth-order valence-corrected chi connectivity index (χ4v) is 6.31. The number of hydrogen-bond acceptors (Lipinski definition) is 20. The van der Waals surface area contributed by atoms with Crippen LogP contribution in [0.2, 0.25) is 0 Å². The van der Waals surface area contributed by atoms with Crippen LogP contribution in [0.1, 0.15) is 36.7 Å². The van der Waals surface area contributed by atoms with Gasteiger partial charge in [0.2, 0.25) is 0 Å². The maximum atomic E-state index is 13.4. The second-order valence-electron chi connectivity index (χ2n) is 13.6. The minimum absolute atomic E-state index is 0.0946. The van der Waals surface area contributed by atoms with E-state index in [0.717, 1.165) is 15.3 Å². The molecule has 3 aromatic heterocycles. The zero-order chi connectivity index (χ0) is 46.6. The Kier molecular flexibility index (Phi) is 14.7. The number of aromatic nitrogens is 6. The van der Waals surface area contributed by atoms with Gasteiger partial charge in [0.1, 0.15) is 48.0 Å². The van der Waals surface area contributed by atoms with Gasteiger partial charge in [-0.25, -0.2) is 18.8 Å². The molecule has 3 fully saturated rings. The molecule has 0 unspecified atom stereocenters. The Morgan fingerprint density at radius 2 is 1.08 bits per heavy atom. The largest absolute Gasteiger partial charge is 0.392 e. The molecule has 12 atom stereocenters. The van der Waals surface area contributed by atoms with Crippen molar-refractivity contribution in [3.05, 3.63) is 77.3 Å². The molecule has 0 radical (unpaired) electrons. The monoisotopic (exact) mass is 872 g/mol. The van der Waals surface area contributed by atoms with E-state index in [4.69, 9.17) is 51.4 Å². The zero-order valence-electron chi connectivity index (χ0n) is 32.2. The van der Waals surface area contributed by atoms with Crippen LogP contribution in [0.4, 0.5) is 16.0 Å². The van der Waals surface area contributed by atoms with Crippen molar-refractivity contribution in [1.82, 2.24) is 28.7 Å². The Bertz CT molecular complexity index is 2570. The number of H-pyrrole nitrogens is 1. The van der Waals surface area contributed by atoms with Crippen LogP contribution in [-0.2, 0) is 20.6 Å². The molecule has 25 heteroatoms. The summed E-state index contributed by atoms with van der Waals surface area (Å²) >= 11 is 0. The van der Waals surface area contributed by atoms with Gasteiger partial charge in [-0.2, -0.15) is 9.97 Å². The van der Waals surface area contributed by atoms with E-state index in [1.165, 1.54) is 6.20 Å². The molecule has 0 amide bonds. The highest BCUT2D eigenvalue weighted by Gasteiger charge is 2.56. The molecule has 0 aliphatic carbocycles. The maximum Gasteiger partial charge on any atom is 0.351 e. The number of nitrogens with zero attached hydrogens (tertiary/aromatic N) is 5. The molecule has 0 aromatic carbocycles. The summed E-state index contributed by atoms with van der Waals surface area (Å²) < 4.78 is 31.6. The Morgan fingerprint density at radius 1 is 0.694 bits per heavy atom. The lowest BCUT2D eigenvalue weighted by Gasteiger charge is -2.23. The summed E-state index contributed by atoms with van der Waals surface area (Å²) in [5.41, 5.74) is 2.26. The van der Waals surface area contributed by atoms with E-state index in [0.29, 0.717) is 22.7 Å². The molecule has 6 heterocycles. The highest BCUT2D eigenvalue weighted by Crippen LogP contribution is 2.38. The van der Waals surface area contributed by atoms with Crippen molar-refractivity contribution < 1.29 is 64.6 Å². The summed E-state index contributed by atoms with van der Waals surface area (Å²) in [5.74, 6) is 6.75. The molecule has 3 aromatic rings. The molecule has 0 spiro atoms. The highest BCUT2D eigenvalue weighted by atomic mass is 19.1. The molecule has 332 valence electrons. The lowest BCUT2D eigenvalue weighted by atomic mass is 9.97. The van der Waals surface area contributed by atoms with E-state index in [2.05, 4.69) is 27.7 Å². The third-order valence-corrected chi connectivity index (χ3v) is 10.0. The normalized spacial score (nSPS) is 32.2. The number of anilines is 2. The Balaban J connectivity index is 0.000000205. The third kappa shape index (κ3) is 8.48. The molecular formula is C37H41FN8O16. The van der Waals surface area contributed by atoms with Crippen molar-refractivity contribution in [3.8, 4) is 49.4 Å². The van der Waals surface area contributed by atoms with Crippen LogP contribution in [0.5, 0.6) is 0 Å². The molecule has 0 saturated carbocycles. The molecule has 6 rings (SSSR count). The van der Waals surface area contributed by atoms with Gasteiger partial charge in [0, 0.05) is 18.0 Å². The molecular weight excluding hydrogens is 831 g/mol. The number of aromatic amines is 1. The summed E-state index contributed by atoms with van der Waals surface area (Å²) in [6.45, 7) is -0.436. The first-order valence-electron chi connectivity index (χ1n) is 17.8. The minimum atomic E-state index is -1.89. The highest BCUT2D eigenvalue weighted by molar-refractivity contribution is 5.37. The molecule has 3 saturated heterocycles. The third-order valence-electron chi connectivity index (χ3n) is 10.0. The summed E-state index contributed by atoms with van der Waals surface area (Å²) in [7, 11) is 0. The number of aliphatic hydroxyl groups is 9.